The van der Waals surface area contributed by atoms with Gasteiger partial charge in [-0.15, -0.1) is 0 Å². The van der Waals surface area contributed by atoms with E-state index in [1.165, 1.54) is 21.5 Å². The third-order valence-corrected chi connectivity index (χ3v) is 12.7. The van der Waals surface area contributed by atoms with Gasteiger partial charge in [0.05, 0.1) is 80.7 Å². The predicted molar refractivity (Wildman–Crippen MR) is 221 cm³/mol. The summed E-state index contributed by atoms with van der Waals surface area (Å²) in [5.74, 6) is -0.794. The maximum Gasteiger partial charge on any atom is 0.338 e. The van der Waals surface area contributed by atoms with Crippen molar-refractivity contribution in [2.45, 2.75) is 70.9 Å². The molecule has 1 saturated heterocycles. The van der Waals surface area contributed by atoms with Crippen LogP contribution in [0.5, 0.6) is 0 Å². The number of halogens is 2. The molecule has 1 atom stereocenters. The van der Waals surface area contributed by atoms with Gasteiger partial charge in [0.1, 0.15) is 11.6 Å². The molecule has 60 heavy (non-hydrogen) atoms. The minimum atomic E-state index is -0.773. The number of rotatable bonds is 6. The van der Waals surface area contributed by atoms with E-state index in [0.29, 0.717) is 83.9 Å². The molecule has 306 valence electrons. The van der Waals surface area contributed by atoms with Crippen molar-refractivity contribution in [1.82, 2.24) is 38.0 Å². The van der Waals surface area contributed by atoms with Gasteiger partial charge in [0.2, 0.25) is 0 Å². The van der Waals surface area contributed by atoms with Gasteiger partial charge in [-0.2, -0.15) is 15.5 Å². The first kappa shape index (κ1) is 37.7. The van der Waals surface area contributed by atoms with Crippen LogP contribution in [0, 0.1) is 36.8 Å². The molecule has 1 saturated carbocycles. The Bertz CT molecular complexity index is 3020. The van der Waals surface area contributed by atoms with Gasteiger partial charge < -0.3 is 18.9 Å². The highest BCUT2D eigenvalue weighted by Crippen LogP contribution is 2.51. The molecule has 0 N–H and O–H groups in total. The molecule has 2 aromatic carbocycles. The van der Waals surface area contributed by atoms with E-state index in [9.17, 15) is 10.1 Å². The van der Waals surface area contributed by atoms with Gasteiger partial charge in [0.25, 0.3) is 5.91 Å². The van der Waals surface area contributed by atoms with Crippen LogP contribution >= 0.6 is 0 Å². The first-order chi connectivity index (χ1) is 28.7. The molecular weight excluding hydrogens is 767 g/mol. The SMILES string of the molecule is Cc1cc(-n2nc3c(c2-n2ccn(-c4ccc5c(cnn5C)c4F)c2=O)[C@H](C)N(C(=O)c2cn4cc(N5CCOC(C)(C)C5)ccc4c2C2(C#N)CC2)CC3)cc(C)c1F. The van der Waals surface area contributed by atoms with Gasteiger partial charge in [-0.1, -0.05) is 0 Å². The number of morpholine rings is 1. The number of aromatic nitrogens is 7. The summed E-state index contributed by atoms with van der Waals surface area (Å²) >= 11 is 0. The van der Waals surface area contributed by atoms with Crippen molar-refractivity contribution >= 4 is 28.0 Å². The third kappa shape index (κ3) is 5.64. The van der Waals surface area contributed by atoms with E-state index in [1.807, 2.05) is 29.8 Å². The summed E-state index contributed by atoms with van der Waals surface area (Å²) in [4.78, 5) is 33.7. The van der Waals surface area contributed by atoms with E-state index >= 15 is 13.6 Å². The number of amides is 1. The number of pyridine rings is 1. The van der Waals surface area contributed by atoms with Gasteiger partial charge in [-0.25, -0.2) is 18.3 Å². The molecule has 0 bridgehead atoms. The largest absolute Gasteiger partial charge is 0.372 e. The van der Waals surface area contributed by atoms with Crippen molar-refractivity contribution in [1.29, 1.82) is 5.26 Å². The molecule has 0 unspecified atom stereocenters. The molecule has 1 amide bonds. The Kier molecular flexibility index (Phi) is 8.32. The molecule has 7 aromatic rings. The molecule has 3 aliphatic rings. The van der Waals surface area contributed by atoms with Crippen molar-refractivity contribution in [2.24, 2.45) is 7.05 Å². The minimum Gasteiger partial charge on any atom is -0.372 e. The smallest absolute Gasteiger partial charge is 0.338 e. The number of hydrogen-bond acceptors (Lipinski definition) is 7. The molecule has 2 fully saturated rings. The van der Waals surface area contributed by atoms with E-state index in [-0.39, 0.29) is 28.4 Å². The highest BCUT2D eigenvalue weighted by molar-refractivity contribution is 5.99. The molecule has 0 radical (unpaired) electrons. The lowest BCUT2D eigenvalue weighted by Crippen LogP contribution is -2.48. The van der Waals surface area contributed by atoms with E-state index < -0.39 is 23.0 Å². The molecule has 10 rings (SSSR count). The number of nitrogens with zero attached hydrogens (tertiary/aromatic N) is 10. The van der Waals surface area contributed by atoms with Gasteiger partial charge in [-0.05, 0) is 95.0 Å². The molecule has 2 aliphatic heterocycles. The molecular formula is C45H44F2N10O3. The van der Waals surface area contributed by atoms with Crippen LogP contribution in [0.15, 0.2) is 72.2 Å². The Morgan fingerprint density at radius 1 is 0.967 bits per heavy atom. The topological polar surface area (TPSA) is 124 Å². The number of carbonyl (C=O) groups is 1. The second kappa shape index (κ2) is 13.2. The van der Waals surface area contributed by atoms with E-state index in [2.05, 4.69) is 36.0 Å². The van der Waals surface area contributed by atoms with Gasteiger partial charge >= 0.3 is 5.69 Å². The maximum atomic E-state index is 16.0. The van der Waals surface area contributed by atoms with Crippen LogP contribution in [0.2, 0.25) is 0 Å². The molecule has 5 aromatic heterocycles. The van der Waals surface area contributed by atoms with Crippen LogP contribution in [0.4, 0.5) is 14.5 Å². The van der Waals surface area contributed by atoms with Crippen LogP contribution in [0.25, 0.3) is 33.6 Å². The van der Waals surface area contributed by atoms with Gasteiger partial charge in [-0.3, -0.25) is 18.6 Å². The Hall–Kier alpha value is -6.53. The summed E-state index contributed by atoms with van der Waals surface area (Å²) in [6.45, 7) is 11.8. The van der Waals surface area contributed by atoms with Crippen molar-refractivity contribution < 1.29 is 18.3 Å². The van der Waals surface area contributed by atoms with Crippen LogP contribution in [0.3, 0.4) is 0 Å². The second-order valence-corrected chi connectivity index (χ2v) is 17.2. The molecule has 13 nitrogen and oxygen atoms in total. The second-order valence-electron chi connectivity index (χ2n) is 17.2. The van der Waals surface area contributed by atoms with Crippen molar-refractivity contribution in [2.75, 3.05) is 31.1 Å². The number of anilines is 1. The fourth-order valence-corrected chi connectivity index (χ4v) is 9.43. The summed E-state index contributed by atoms with van der Waals surface area (Å²) in [5.41, 5.74) is 4.69. The zero-order chi connectivity index (χ0) is 42.0. The maximum absolute atomic E-state index is 16.0. The first-order valence-electron chi connectivity index (χ1n) is 20.3. The lowest BCUT2D eigenvalue weighted by Gasteiger charge is -2.39. The first-order valence-corrected chi connectivity index (χ1v) is 20.3. The lowest BCUT2D eigenvalue weighted by atomic mass is 9.92. The average Bonchev–Trinajstić information content (AvgIpc) is 3.47. The fourth-order valence-electron chi connectivity index (χ4n) is 9.43. The summed E-state index contributed by atoms with van der Waals surface area (Å²) in [7, 11) is 1.72. The number of hydrogen-bond donors (Lipinski definition) is 0. The molecule has 0 spiro atoms. The monoisotopic (exact) mass is 810 g/mol. The number of ether oxygens (including phenoxy) is 1. The lowest BCUT2D eigenvalue weighted by molar-refractivity contribution is -0.0277. The minimum absolute atomic E-state index is 0.0535. The molecule has 1 aliphatic carbocycles. The summed E-state index contributed by atoms with van der Waals surface area (Å²) in [6.07, 6.45) is 10.1. The standard InChI is InChI=1S/C45H44F2N10O3/c1-26-19-30(20-27(2)39(26)46)57-41(56-16-15-55(43(56)59)36-10-9-34-31(40(36)47)21-49-51(34)6)37-28(3)54(14-11-33(37)50-57)42(58)32-23-53-22-29(52-17-18-60-44(4,5)25-52)7-8-35(53)38(32)45(24-48)12-13-45/h7-10,15-16,19-23,28H,11-14,17-18,25H2,1-6H3/t28-/m0/s1. The van der Waals surface area contributed by atoms with Crippen molar-refractivity contribution in [3.8, 4) is 23.3 Å². The van der Waals surface area contributed by atoms with Crippen LogP contribution in [-0.4, -0.2) is 75.7 Å². The van der Waals surface area contributed by atoms with Crippen molar-refractivity contribution in [3.63, 3.8) is 0 Å². The number of benzene rings is 2. The number of nitriles is 1. The van der Waals surface area contributed by atoms with Gasteiger partial charge in [0, 0.05) is 69.0 Å². The van der Waals surface area contributed by atoms with Gasteiger partial charge in [0.15, 0.2) is 5.82 Å². The fraction of sp³-hybridized carbons (Fsp3) is 0.356. The summed E-state index contributed by atoms with van der Waals surface area (Å²) in [6, 6.07) is 12.6. The predicted octanol–water partition coefficient (Wildman–Crippen LogP) is 6.78. The third-order valence-electron chi connectivity index (χ3n) is 12.7. The molecule has 15 heteroatoms. The highest BCUT2D eigenvalue weighted by atomic mass is 19.1. The Labute approximate surface area is 344 Å². The van der Waals surface area contributed by atoms with Crippen LogP contribution < -0.4 is 10.6 Å². The quantitative estimate of drug-likeness (QED) is 0.182. The zero-order valence-electron chi connectivity index (χ0n) is 34.3. The van der Waals surface area contributed by atoms with Crippen LogP contribution in [0.1, 0.15) is 78.0 Å². The number of imidazole rings is 1. The number of carbonyl (C=O) groups excluding carboxylic acids is 1. The highest BCUT2D eigenvalue weighted by Gasteiger charge is 2.50. The Morgan fingerprint density at radius 3 is 2.42 bits per heavy atom. The summed E-state index contributed by atoms with van der Waals surface area (Å²) < 4.78 is 44.8. The van der Waals surface area contributed by atoms with Crippen LogP contribution in [-0.2, 0) is 23.6 Å². The summed E-state index contributed by atoms with van der Waals surface area (Å²) in [5, 5.41) is 20.0. The number of fused-ring (bicyclic) bond motifs is 3. The Balaban J connectivity index is 1.10. The average molecular weight is 811 g/mol. The van der Waals surface area contributed by atoms with E-state index in [1.54, 1.807) is 65.6 Å². The van der Waals surface area contributed by atoms with E-state index in [0.717, 1.165) is 23.3 Å². The van der Waals surface area contributed by atoms with E-state index in [4.69, 9.17) is 9.84 Å². The molecule has 7 heterocycles. The number of aryl methyl sites for hydroxylation is 3. The van der Waals surface area contributed by atoms with Crippen molar-refractivity contribution in [3.05, 3.63) is 123 Å². The normalized spacial score (nSPS) is 18.3. The zero-order valence-corrected chi connectivity index (χ0v) is 34.3. The Morgan fingerprint density at radius 2 is 1.70 bits per heavy atom.